The fourth-order valence-corrected chi connectivity index (χ4v) is 2.57. The van der Waals surface area contributed by atoms with E-state index in [0.717, 1.165) is 5.56 Å². The maximum atomic E-state index is 12.2. The Hall–Kier alpha value is -3.13. The van der Waals surface area contributed by atoms with Gasteiger partial charge in [-0.15, -0.1) is 0 Å². The summed E-state index contributed by atoms with van der Waals surface area (Å²) in [7, 11) is 1.47. The van der Waals surface area contributed by atoms with Crippen LogP contribution < -0.4 is 25.6 Å². The second-order valence-corrected chi connectivity index (χ2v) is 6.55. The van der Waals surface area contributed by atoms with Gasteiger partial charge in [-0.2, -0.15) is 0 Å². The lowest BCUT2D eigenvalue weighted by Gasteiger charge is -2.15. The van der Waals surface area contributed by atoms with Crippen molar-refractivity contribution in [3.05, 3.63) is 59.7 Å². The zero-order chi connectivity index (χ0) is 20.5. The van der Waals surface area contributed by atoms with Gasteiger partial charge >= 0.3 is 0 Å². The van der Waals surface area contributed by atoms with Gasteiger partial charge in [0.15, 0.2) is 11.7 Å². The van der Waals surface area contributed by atoms with E-state index in [9.17, 15) is 9.59 Å². The summed E-state index contributed by atoms with van der Waals surface area (Å²) < 4.78 is 10.7. The first-order valence-electron chi connectivity index (χ1n) is 8.67. The standard InChI is InChI=1S/C20H23N3O4S/c1-13(2)14-8-4-7-11-17(14)27-12-18(24)22-23-20(28)21-19(25)15-9-5-6-10-16(15)26-3/h4-11,13H,12H2,1-3H3,(H,22,24)(H2,21,23,25,28). The molecule has 0 saturated heterocycles. The monoisotopic (exact) mass is 401 g/mol. The van der Waals surface area contributed by atoms with E-state index in [2.05, 4.69) is 16.2 Å². The molecule has 148 valence electrons. The highest BCUT2D eigenvalue weighted by Crippen LogP contribution is 2.25. The lowest BCUT2D eigenvalue weighted by atomic mass is 10.0. The Labute approximate surface area is 169 Å². The SMILES string of the molecule is COc1ccccc1C(=O)NC(=S)NNC(=O)COc1ccccc1C(C)C. The molecule has 0 aliphatic heterocycles. The van der Waals surface area contributed by atoms with Crippen molar-refractivity contribution in [1.29, 1.82) is 0 Å². The van der Waals surface area contributed by atoms with E-state index in [1.807, 2.05) is 38.1 Å². The molecule has 0 radical (unpaired) electrons. The van der Waals surface area contributed by atoms with Gasteiger partial charge in [0, 0.05) is 0 Å². The summed E-state index contributed by atoms with van der Waals surface area (Å²) in [5, 5.41) is 2.42. The van der Waals surface area contributed by atoms with Gasteiger partial charge in [0.1, 0.15) is 11.5 Å². The van der Waals surface area contributed by atoms with Crippen LogP contribution >= 0.6 is 12.2 Å². The predicted molar refractivity (Wildman–Crippen MR) is 110 cm³/mol. The van der Waals surface area contributed by atoms with Crippen LogP contribution in [0.25, 0.3) is 0 Å². The number of amides is 2. The fourth-order valence-electron chi connectivity index (χ4n) is 2.43. The molecule has 0 heterocycles. The van der Waals surface area contributed by atoms with E-state index in [4.69, 9.17) is 21.7 Å². The highest BCUT2D eigenvalue weighted by Gasteiger charge is 2.13. The zero-order valence-corrected chi connectivity index (χ0v) is 16.8. The van der Waals surface area contributed by atoms with Crippen LogP contribution in [0.4, 0.5) is 0 Å². The maximum absolute atomic E-state index is 12.2. The topological polar surface area (TPSA) is 88.7 Å². The second kappa shape index (κ2) is 10.3. The molecule has 28 heavy (non-hydrogen) atoms. The van der Waals surface area contributed by atoms with E-state index < -0.39 is 11.8 Å². The van der Waals surface area contributed by atoms with Gasteiger partial charge in [0.05, 0.1) is 12.7 Å². The van der Waals surface area contributed by atoms with Crippen molar-refractivity contribution in [2.75, 3.05) is 13.7 Å². The van der Waals surface area contributed by atoms with E-state index in [1.54, 1.807) is 24.3 Å². The number of methoxy groups -OCH3 is 1. The van der Waals surface area contributed by atoms with Crippen molar-refractivity contribution in [2.24, 2.45) is 0 Å². The summed E-state index contributed by atoms with van der Waals surface area (Å²) >= 11 is 5.02. The van der Waals surface area contributed by atoms with Crippen molar-refractivity contribution >= 4 is 29.1 Å². The molecule has 0 atom stereocenters. The minimum absolute atomic E-state index is 0.0492. The van der Waals surface area contributed by atoms with Crippen molar-refractivity contribution in [1.82, 2.24) is 16.2 Å². The molecule has 0 fully saturated rings. The van der Waals surface area contributed by atoms with Gasteiger partial charge in [0.25, 0.3) is 11.8 Å². The number of benzene rings is 2. The molecule has 0 unspecified atom stereocenters. The van der Waals surface area contributed by atoms with Crippen molar-refractivity contribution < 1.29 is 19.1 Å². The summed E-state index contributed by atoms with van der Waals surface area (Å²) in [6.45, 7) is 3.90. The van der Waals surface area contributed by atoms with Gasteiger partial charge in [0.2, 0.25) is 0 Å². The van der Waals surface area contributed by atoms with Crippen LogP contribution in [0.1, 0.15) is 35.7 Å². The molecule has 2 amide bonds. The van der Waals surface area contributed by atoms with Crippen LogP contribution in [-0.2, 0) is 4.79 Å². The number of ether oxygens (including phenoxy) is 2. The van der Waals surface area contributed by atoms with Gasteiger partial charge in [-0.05, 0) is 41.9 Å². The second-order valence-electron chi connectivity index (χ2n) is 6.14. The molecule has 7 nitrogen and oxygen atoms in total. The van der Waals surface area contributed by atoms with Crippen LogP contribution in [0.3, 0.4) is 0 Å². The number of hydrogen-bond acceptors (Lipinski definition) is 5. The van der Waals surface area contributed by atoms with Crippen LogP contribution in [0.5, 0.6) is 11.5 Å². The minimum atomic E-state index is -0.452. The molecular weight excluding hydrogens is 378 g/mol. The average molecular weight is 401 g/mol. The molecule has 0 aliphatic carbocycles. The lowest BCUT2D eigenvalue weighted by molar-refractivity contribution is -0.123. The third kappa shape index (κ3) is 5.95. The molecule has 0 saturated carbocycles. The van der Waals surface area contributed by atoms with E-state index in [1.165, 1.54) is 7.11 Å². The van der Waals surface area contributed by atoms with Crippen molar-refractivity contribution in [3.63, 3.8) is 0 Å². The molecule has 2 rings (SSSR count). The zero-order valence-electron chi connectivity index (χ0n) is 15.9. The normalized spacial score (nSPS) is 10.1. The maximum Gasteiger partial charge on any atom is 0.276 e. The first-order chi connectivity index (χ1) is 13.4. The fraction of sp³-hybridized carbons (Fsp3) is 0.250. The Bertz CT molecular complexity index is 855. The number of para-hydroxylation sites is 2. The molecular formula is C20H23N3O4S. The Morgan fingerprint density at radius 1 is 1.00 bits per heavy atom. The number of carbonyl (C=O) groups excluding carboxylic acids is 2. The number of rotatable bonds is 6. The summed E-state index contributed by atoms with van der Waals surface area (Å²) in [6, 6.07) is 14.3. The molecule has 8 heteroatoms. The number of nitrogens with one attached hydrogen (secondary N) is 3. The summed E-state index contributed by atoms with van der Waals surface area (Å²) in [6.07, 6.45) is 0. The minimum Gasteiger partial charge on any atom is -0.496 e. The van der Waals surface area contributed by atoms with E-state index >= 15 is 0 Å². The van der Waals surface area contributed by atoms with Crippen LogP contribution in [-0.4, -0.2) is 30.6 Å². The van der Waals surface area contributed by atoms with Crippen molar-refractivity contribution in [3.8, 4) is 11.5 Å². The predicted octanol–water partition coefficient (Wildman–Crippen LogP) is 2.53. The summed E-state index contributed by atoms with van der Waals surface area (Å²) in [5.74, 6) is 0.456. The van der Waals surface area contributed by atoms with Crippen LogP contribution in [0.15, 0.2) is 48.5 Å². The molecule has 2 aromatic carbocycles. The molecule has 0 aromatic heterocycles. The van der Waals surface area contributed by atoms with Gasteiger partial charge in [-0.1, -0.05) is 44.2 Å². The first-order valence-corrected chi connectivity index (χ1v) is 9.08. The lowest BCUT2D eigenvalue weighted by Crippen LogP contribution is -2.49. The summed E-state index contributed by atoms with van der Waals surface area (Å²) in [4.78, 5) is 24.2. The number of hydrogen-bond donors (Lipinski definition) is 3. The molecule has 0 spiro atoms. The quantitative estimate of drug-likeness (QED) is 0.509. The first kappa shape index (κ1) is 21.2. The Morgan fingerprint density at radius 2 is 1.64 bits per heavy atom. The third-order valence-corrected chi connectivity index (χ3v) is 4.00. The van der Waals surface area contributed by atoms with Gasteiger partial charge in [-0.3, -0.25) is 25.8 Å². The smallest absolute Gasteiger partial charge is 0.276 e. The molecule has 0 aliphatic rings. The largest absolute Gasteiger partial charge is 0.496 e. The average Bonchev–Trinajstić information content (AvgIpc) is 2.70. The van der Waals surface area contributed by atoms with Gasteiger partial charge in [-0.25, -0.2) is 0 Å². The van der Waals surface area contributed by atoms with Crippen LogP contribution in [0.2, 0.25) is 0 Å². The van der Waals surface area contributed by atoms with E-state index in [0.29, 0.717) is 17.1 Å². The summed E-state index contributed by atoms with van der Waals surface area (Å²) in [5.41, 5.74) is 6.20. The van der Waals surface area contributed by atoms with Crippen LogP contribution in [0, 0.1) is 0 Å². The Kier molecular flexibility index (Phi) is 7.76. The Balaban J connectivity index is 1.81. The van der Waals surface area contributed by atoms with Gasteiger partial charge < -0.3 is 9.47 Å². The molecule has 0 bridgehead atoms. The Morgan fingerprint density at radius 3 is 2.32 bits per heavy atom. The highest BCUT2D eigenvalue weighted by atomic mass is 32.1. The molecule has 3 N–H and O–H groups in total. The number of hydrazine groups is 1. The third-order valence-electron chi connectivity index (χ3n) is 3.79. The molecule has 2 aromatic rings. The van der Waals surface area contributed by atoms with E-state index in [-0.39, 0.29) is 17.6 Å². The highest BCUT2D eigenvalue weighted by molar-refractivity contribution is 7.80. The number of carbonyl (C=O) groups is 2. The number of thiocarbonyl (C=S) groups is 1. The van der Waals surface area contributed by atoms with Crippen molar-refractivity contribution in [2.45, 2.75) is 19.8 Å².